The molecule has 1 aromatic carbocycles. The molecule has 0 unspecified atom stereocenters. The third-order valence-electron chi connectivity index (χ3n) is 5.02. The molecule has 2 aromatic rings. The van der Waals surface area contributed by atoms with Crippen LogP contribution in [0.5, 0.6) is 0 Å². The zero-order valence-electron chi connectivity index (χ0n) is 13.8. The summed E-state index contributed by atoms with van der Waals surface area (Å²) in [5.41, 5.74) is 7.01. The van der Waals surface area contributed by atoms with E-state index in [2.05, 4.69) is 0 Å². The van der Waals surface area contributed by atoms with E-state index in [4.69, 9.17) is 15.5 Å². The van der Waals surface area contributed by atoms with Crippen molar-refractivity contribution >= 4 is 10.9 Å². The monoisotopic (exact) mass is 331 g/mol. The van der Waals surface area contributed by atoms with Crippen molar-refractivity contribution in [2.24, 2.45) is 5.73 Å². The molecule has 1 atom stereocenters. The van der Waals surface area contributed by atoms with E-state index in [1.165, 1.54) is 12.1 Å². The van der Waals surface area contributed by atoms with Gasteiger partial charge in [0.2, 0.25) is 0 Å². The quantitative estimate of drug-likeness (QED) is 0.939. The van der Waals surface area contributed by atoms with E-state index in [0.29, 0.717) is 29.7 Å². The van der Waals surface area contributed by atoms with Crippen molar-refractivity contribution in [3.05, 3.63) is 39.7 Å². The molecule has 2 heterocycles. The highest BCUT2D eigenvalue weighted by atomic mass is 19.1. The molecule has 2 N–H and O–H groups in total. The van der Waals surface area contributed by atoms with Crippen molar-refractivity contribution in [1.29, 1.82) is 0 Å². The van der Waals surface area contributed by atoms with Crippen LogP contribution in [0.3, 0.4) is 0 Å². The lowest BCUT2D eigenvalue weighted by molar-refractivity contribution is 0.0825. The van der Waals surface area contributed by atoms with Gasteiger partial charge in [-0.15, -0.1) is 0 Å². The summed E-state index contributed by atoms with van der Waals surface area (Å²) in [5.74, 6) is 0.601. The van der Waals surface area contributed by atoms with Gasteiger partial charge in [-0.3, -0.25) is 9.36 Å². The van der Waals surface area contributed by atoms with E-state index in [-0.39, 0.29) is 23.6 Å². The van der Waals surface area contributed by atoms with Crippen LogP contribution in [0.1, 0.15) is 62.0 Å². The molecule has 1 saturated heterocycles. The number of rotatable bonds is 3. The van der Waals surface area contributed by atoms with E-state index >= 15 is 0 Å². The number of ether oxygens (including phenoxy) is 1. The summed E-state index contributed by atoms with van der Waals surface area (Å²) >= 11 is 0. The standard InChI is InChI=1S/C18H22FN3O2/c1-10(20)14-8-12(19)9-15-16(14)21-17(11-4-6-24-7-5-11)22(18(15)23)13-2-3-13/h8-11,13H,2-7,20H2,1H3/t10-/m1/s1. The molecule has 2 aliphatic rings. The molecule has 2 fully saturated rings. The normalized spacial score (nSPS) is 20.5. The number of benzene rings is 1. The third kappa shape index (κ3) is 2.63. The van der Waals surface area contributed by atoms with Crippen LogP contribution >= 0.6 is 0 Å². The van der Waals surface area contributed by atoms with Crippen LogP contribution in [0.2, 0.25) is 0 Å². The van der Waals surface area contributed by atoms with Gasteiger partial charge < -0.3 is 10.5 Å². The SMILES string of the molecule is C[C@@H](N)c1cc(F)cc2c(=O)n(C3CC3)c(C3CCOCC3)nc12. The fraction of sp³-hybridized carbons (Fsp3) is 0.556. The Morgan fingerprint density at radius 1 is 1.29 bits per heavy atom. The van der Waals surface area contributed by atoms with Crippen LogP contribution < -0.4 is 11.3 Å². The molecule has 6 heteroatoms. The van der Waals surface area contributed by atoms with Gasteiger partial charge in [-0.25, -0.2) is 9.37 Å². The molecular weight excluding hydrogens is 309 g/mol. The number of hydrogen-bond acceptors (Lipinski definition) is 4. The van der Waals surface area contributed by atoms with Crippen molar-refractivity contribution < 1.29 is 9.13 Å². The second-order valence-electron chi connectivity index (χ2n) is 6.94. The first-order valence-electron chi connectivity index (χ1n) is 8.65. The Morgan fingerprint density at radius 2 is 2.00 bits per heavy atom. The van der Waals surface area contributed by atoms with Gasteiger partial charge in [0.05, 0.1) is 10.9 Å². The average molecular weight is 331 g/mol. The fourth-order valence-corrected chi connectivity index (χ4v) is 3.59. The Labute approximate surface area is 139 Å². The van der Waals surface area contributed by atoms with Gasteiger partial charge in [-0.1, -0.05) is 0 Å². The summed E-state index contributed by atoms with van der Waals surface area (Å²) in [4.78, 5) is 17.9. The predicted octanol–water partition coefficient (Wildman–Crippen LogP) is 2.78. The highest BCUT2D eigenvalue weighted by Crippen LogP contribution is 2.38. The van der Waals surface area contributed by atoms with E-state index in [0.717, 1.165) is 31.5 Å². The zero-order valence-corrected chi connectivity index (χ0v) is 13.8. The maximum Gasteiger partial charge on any atom is 0.261 e. The minimum Gasteiger partial charge on any atom is -0.381 e. The van der Waals surface area contributed by atoms with Gasteiger partial charge in [0.25, 0.3) is 5.56 Å². The predicted molar refractivity (Wildman–Crippen MR) is 89.6 cm³/mol. The lowest BCUT2D eigenvalue weighted by Crippen LogP contribution is -2.29. The average Bonchev–Trinajstić information content (AvgIpc) is 3.40. The molecule has 0 amide bonds. The lowest BCUT2D eigenvalue weighted by atomic mass is 9.97. The van der Waals surface area contributed by atoms with Crippen LogP contribution in [-0.4, -0.2) is 22.8 Å². The maximum absolute atomic E-state index is 14.0. The third-order valence-corrected chi connectivity index (χ3v) is 5.02. The van der Waals surface area contributed by atoms with Crippen LogP contribution in [0.15, 0.2) is 16.9 Å². The fourth-order valence-electron chi connectivity index (χ4n) is 3.59. The van der Waals surface area contributed by atoms with Crippen LogP contribution in [0.25, 0.3) is 10.9 Å². The lowest BCUT2D eigenvalue weighted by Gasteiger charge is -2.25. The Morgan fingerprint density at radius 3 is 2.62 bits per heavy atom. The Hall–Kier alpha value is -1.79. The molecule has 128 valence electrons. The first-order chi connectivity index (χ1) is 11.6. The second kappa shape index (κ2) is 5.93. The number of aromatic nitrogens is 2. The van der Waals surface area contributed by atoms with Crippen LogP contribution in [-0.2, 0) is 4.74 Å². The molecule has 0 bridgehead atoms. The molecule has 0 spiro atoms. The smallest absolute Gasteiger partial charge is 0.261 e. The molecule has 0 radical (unpaired) electrons. The molecule has 1 aliphatic heterocycles. The molecule has 1 aromatic heterocycles. The summed E-state index contributed by atoms with van der Waals surface area (Å²) in [6.45, 7) is 3.16. The summed E-state index contributed by atoms with van der Waals surface area (Å²) in [6, 6.07) is 2.52. The Kier molecular flexibility index (Phi) is 3.89. The van der Waals surface area contributed by atoms with Crippen molar-refractivity contribution in [2.75, 3.05) is 13.2 Å². The van der Waals surface area contributed by atoms with Gasteiger partial charge in [-0.05, 0) is 50.3 Å². The minimum absolute atomic E-state index is 0.134. The molecule has 24 heavy (non-hydrogen) atoms. The molecular formula is C18H22FN3O2. The zero-order chi connectivity index (χ0) is 16.8. The maximum atomic E-state index is 14.0. The van der Waals surface area contributed by atoms with E-state index in [1.807, 2.05) is 4.57 Å². The minimum atomic E-state index is -0.435. The van der Waals surface area contributed by atoms with Gasteiger partial charge in [0, 0.05) is 31.2 Å². The van der Waals surface area contributed by atoms with Crippen molar-refractivity contribution in [3.63, 3.8) is 0 Å². The van der Waals surface area contributed by atoms with Crippen molar-refractivity contribution in [3.8, 4) is 0 Å². The molecule has 4 rings (SSSR count). The van der Waals surface area contributed by atoms with Crippen LogP contribution in [0.4, 0.5) is 4.39 Å². The summed E-state index contributed by atoms with van der Waals surface area (Å²) in [7, 11) is 0. The van der Waals surface area contributed by atoms with Gasteiger partial charge in [0.15, 0.2) is 0 Å². The van der Waals surface area contributed by atoms with E-state index < -0.39 is 5.82 Å². The van der Waals surface area contributed by atoms with Gasteiger partial charge >= 0.3 is 0 Å². The first-order valence-corrected chi connectivity index (χ1v) is 8.65. The second-order valence-corrected chi connectivity index (χ2v) is 6.94. The summed E-state index contributed by atoms with van der Waals surface area (Å²) in [6.07, 6.45) is 3.69. The Bertz CT molecular complexity index is 836. The largest absolute Gasteiger partial charge is 0.381 e. The van der Waals surface area contributed by atoms with Crippen molar-refractivity contribution in [2.45, 2.75) is 50.6 Å². The highest BCUT2D eigenvalue weighted by molar-refractivity contribution is 5.81. The number of nitrogens with zero attached hydrogens (tertiary/aromatic N) is 2. The topological polar surface area (TPSA) is 70.1 Å². The summed E-state index contributed by atoms with van der Waals surface area (Å²) in [5, 5.41) is 0.338. The van der Waals surface area contributed by atoms with Crippen molar-refractivity contribution in [1.82, 2.24) is 9.55 Å². The van der Waals surface area contributed by atoms with E-state index in [9.17, 15) is 9.18 Å². The van der Waals surface area contributed by atoms with Gasteiger partial charge in [-0.2, -0.15) is 0 Å². The first kappa shape index (κ1) is 15.7. The summed E-state index contributed by atoms with van der Waals surface area (Å²) < 4.78 is 21.2. The molecule has 1 saturated carbocycles. The van der Waals surface area contributed by atoms with Crippen LogP contribution in [0, 0.1) is 5.82 Å². The highest BCUT2D eigenvalue weighted by Gasteiger charge is 2.32. The number of hydrogen-bond donors (Lipinski definition) is 1. The Balaban J connectivity index is 1.99. The number of halogens is 1. The molecule has 5 nitrogen and oxygen atoms in total. The van der Waals surface area contributed by atoms with E-state index in [1.54, 1.807) is 6.92 Å². The number of nitrogens with two attached hydrogens (primary N) is 1. The molecule has 1 aliphatic carbocycles. The number of fused-ring (bicyclic) bond motifs is 1. The van der Waals surface area contributed by atoms with Gasteiger partial charge in [0.1, 0.15) is 11.6 Å².